The average molecular weight is 247 g/mol. The molecule has 1 saturated heterocycles. The van der Waals surface area contributed by atoms with Crippen LogP contribution in [-0.2, 0) is 11.2 Å². The summed E-state index contributed by atoms with van der Waals surface area (Å²) < 4.78 is 5.49. The molecule has 1 aromatic rings. The molecule has 1 heterocycles. The fraction of sp³-hybridized carbons (Fsp3) is 0.533. The number of benzene rings is 1. The Balaban J connectivity index is 1.82. The van der Waals surface area contributed by atoms with Gasteiger partial charge in [-0.15, -0.1) is 0 Å². The third kappa shape index (κ3) is 3.84. The van der Waals surface area contributed by atoms with Crippen LogP contribution < -0.4 is 4.74 Å². The van der Waals surface area contributed by atoms with Gasteiger partial charge in [0.1, 0.15) is 11.5 Å². The fourth-order valence-corrected chi connectivity index (χ4v) is 2.27. The van der Waals surface area contributed by atoms with E-state index in [0.29, 0.717) is 12.4 Å². The molecule has 0 N–H and O–H groups in total. The second-order valence-corrected chi connectivity index (χ2v) is 4.71. The van der Waals surface area contributed by atoms with Gasteiger partial charge in [-0.2, -0.15) is 0 Å². The first-order valence-electron chi connectivity index (χ1n) is 6.73. The minimum absolute atomic E-state index is 0.407. The normalized spacial score (nSPS) is 16.8. The van der Waals surface area contributed by atoms with E-state index in [9.17, 15) is 4.79 Å². The van der Waals surface area contributed by atoms with Crippen LogP contribution in [0, 0.1) is 0 Å². The summed E-state index contributed by atoms with van der Waals surface area (Å²) in [6.45, 7) is 5.58. The SMILES string of the molecule is CCOc1cccc(CCN2CCC(=O)CC2)c1. The highest BCUT2D eigenvalue weighted by Crippen LogP contribution is 2.14. The van der Waals surface area contributed by atoms with Crippen molar-refractivity contribution < 1.29 is 9.53 Å². The second-order valence-electron chi connectivity index (χ2n) is 4.71. The zero-order valence-electron chi connectivity index (χ0n) is 11.0. The van der Waals surface area contributed by atoms with Gasteiger partial charge < -0.3 is 9.64 Å². The first kappa shape index (κ1) is 13.1. The molecule has 18 heavy (non-hydrogen) atoms. The maximum Gasteiger partial charge on any atom is 0.135 e. The Hall–Kier alpha value is -1.35. The molecular formula is C15H21NO2. The number of Topliss-reactive ketones (excluding diaryl/α,β-unsaturated/α-hetero) is 1. The van der Waals surface area contributed by atoms with E-state index in [1.54, 1.807) is 0 Å². The number of carbonyl (C=O) groups excluding carboxylic acids is 1. The Morgan fingerprint density at radius 1 is 1.28 bits per heavy atom. The van der Waals surface area contributed by atoms with Gasteiger partial charge in [0.05, 0.1) is 6.61 Å². The molecule has 0 bridgehead atoms. The van der Waals surface area contributed by atoms with Gasteiger partial charge in [-0.25, -0.2) is 0 Å². The standard InChI is InChI=1S/C15H21NO2/c1-2-18-15-5-3-4-13(12-15)6-9-16-10-7-14(17)8-11-16/h3-5,12H,2,6-11H2,1H3. The molecule has 0 amide bonds. The Labute approximate surface area is 109 Å². The molecule has 1 aliphatic heterocycles. The number of ketones is 1. The molecule has 1 fully saturated rings. The lowest BCUT2D eigenvalue weighted by Gasteiger charge is -2.25. The zero-order chi connectivity index (χ0) is 12.8. The van der Waals surface area contributed by atoms with Gasteiger partial charge in [-0.05, 0) is 31.0 Å². The number of piperidine rings is 1. The summed E-state index contributed by atoms with van der Waals surface area (Å²) in [5, 5.41) is 0. The summed E-state index contributed by atoms with van der Waals surface area (Å²) in [5.74, 6) is 1.36. The number of likely N-dealkylation sites (tertiary alicyclic amines) is 1. The van der Waals surface area contributed by atoms with Gasteiger partial charge in [0, 0.05) is 32.5 Å². The molecule has 0 aromatic heterocycles. The smallest absolute Gasteiger partial charge is 0.135 e. The summed E-state index contributed by atoms with van der Waals surface area (Å²) in [6, 6.07) is 8.28. The number of hydrogen-bond donors (Lipinski definition) is 0. The van der Waals surface area contributed by atoms with E-state index in [1.807, 2.05) is 19.1 Å². The molecule has 1 aliphatic rings. The van der Waals surface area contributed by atoms with Crippen LogP contribution in [0.4, 0.5) is 0 Å². The van der Waals surface area contributed by atoms with Crippen LogP contribution in [0.15, 0.2) is 24.3 Å². The predicted molar refractivity (Wildman–Crippen MR) is 72.0 cm³/mol. The molecule has 0 atom stereocenters. The second kappa shape index (κ2) is 6.55. The highest BCUT2D eigenvalue weighted by atomic mass is 16.5. The van der Waals surface area contributed by atoms with Crippen molar-refractivity contribution in [3.05, 3.63) is 29.8 Å². The van der Waals surface area contributed by atoms with Crippen LogP contribution in [-0.4, -0.2) is 36.9 Å². The predicted octanol–water partition coefficient (Wildman–Crippen LogP) is 2.29. The lowest BCUT2D eigenvalue weighted by Crippen LogP contribution is -2.35. The van der Waals surface area contributed by atoms with E-state index in [1.165, 1.54) is 5.56 Å². The van der Waals surface area contributed by atoms with Crippen LogP contribution in [0.1, 0.15) is 25.3 Å². The summed E-state index contributed by atoms with van der Waals surface area (Å²) >= 11 is 0. The van der Waals surface area contributed by atoms with Gasteiger partial charge in [0.25, 0.3) is 0 Å². The Kier molecular flexibility index (Phi) is 4.76. The Morgan fingerprint density at radius 2 is 2.06 bits per heavy atom. The van der Waals surface area contributed by atoms with E-state index < -0.39 is 0 Å². The average Bonchev–Trinajstić information content (AvgIpc) is 2.39. The van der Waals surface area contributed by atoms with Gasteiger partial charge >= 0.3 is 0 Å². The number of hydrogen-bond acceptors (Lipinski definition) is 3. The highest BCUT2D eigenvalue weighted by molar-refractivity contribution is 5.79. The number of nitrogens with zero attached hydrogens (tertiary/aromatic N) is 1. The van der Waals surface area contributed by atoms with Crippen LogP contribution in [0.3, 0.4) is 0 Å². The third-order valence-electron chi connectivity index (χ3n) is 3.34. The Bertz CT molecular complexity index is 393. The van der Waals surface area contributed by atoms with Crippen molar-refractivity contribution in [3.8, 4) is 5.75 Å². The molecule has 3 nitrogen and oxygen atoms in total. The summed E-state index contributed by atoms with van der Waals surface area (Å²) in [5.41, 5.74) is 1.30. The summed E-state index contributed by atoms with van der Waals surface area (Å²) in [6.07, 6.45) is 2.47. The number of ether oxygens (including phenoxy) is 1. The zero-order valence-corrected chi connectivity index (χ0v) is 11.0. The molecule has 2 rings (SSSR count). The van der Waals surface area contributed by atoms with Crippen LogP contribution in [0.2, 0.25) is 0 Å². The topological polar surface area (TPSA) is 29.5 Å². The van der Waals surface area contributed by atoms with E-state index in [4.69, 9.17) is 4.74 Å². The van der Waals surface area contributed by atoms with E-state index in [0.717, 1.165) is 44.6 Å². The molecule has 0 radical (unpaired) electrons. The maximum absolute atomic E-state index is 11.2. The first-order valence-corrected chi connectivity index (χ1v) is 6.73. The van der Waals surface area contributed by atoms with Crippen molar-refractivity contribution in [2.75, 3.05) is 26.2 Å². The van der Waals surface area contributed by atoms with Crippen molar-refractivity contribution in [1.29, 1.82) is 0 Å². The molecule has 3 heteroatoms. The molecule has 98 valence electrons. The first-order chi connectivity index (χ1) is 8.78. The van der Waals surface area contributed by atoms with Gasteiger partial charge in [-0.1, -0.05) is 12.1 Å². The minimum Gasteiger partial charge on any atom is -0.494 e. The largest absolute Gasteiger partial charge is 0.494 e. The monoisotopic (exact) mass is 247 g/mol. The quantitative estimate of drug-likeness (QED) is 0.799. The van der Waals surface area contributed by atoms with E-state index >= 15 is 0 Å². The summed E-state index contributed by atoms with van der Waals surface area (Å²) in [4.78, 5) is 13.5. The summed E-state index contributed by atoms with van der Waals surface area (Å²) in [7, 11) is 0. The van der Waals surface area contributed by atoms with Crippen LogP contribution in [0.25, 0.3) is 0 Å². The van der Waals surface area contributed by atoms with E-state index in [-0.39, 0.29) is 0 Å². The van der Waals surface area contributed by atoms with Crippen LogP contribution >= 0.6 is 0 Å². The van der Waals surface area contributed by atoms with Gasteiger partial charge in [0.15, 0.2) is 0 Å². The molecule has 0 unspecified atom stereocenters. The molecule has 1 aromatic carbocycles. The van der Waals surface area contributed by atoms with Crippen molar-refractivity contribution in [3.63, 3.8) is 0 Å². The fourth-order valence-electron chi connectivity index (χ4n) is 2.27. The lowest BCUT2D eigenvalue weighted by atomic mass is 10.1. The van der Waals surface area contributed by atoms with Crippen molar-refractivity contribution in [2.45, 2.75) is 26.2 Å². The highest BCUT2D eigenvalue weighted by Gasteiger charge is 2.15. The molecule has 0 aliphatic carbocycles. The van der Waals surface area contributed by atoms with Crippen molar-refractivity contribution >= 4 is 5.78 Å². The molecular weight excluding hydrogens is 226 g/mol. The van der Waals surface area contributed by atoms with Crippen molar-refractivity contribution in [1.82, 2.24) is 4.90 Å². The minimum atomic E-state index is 0.407. The number of rotatable bonds is 5. The third-order valence-corrected chi connectivity index (χ3v) is 3.34. The molecule has 0 saturated carbocycles. The van der Waals surface area contributed by atoms with E-state index in [2.05, 4.69) is 17.0 Å². The Morgan fingerprint density at radius 3 is 2.78 bits per heavy atom. The van der Waals surface area contributed by atoms with Crippen LogP contribution in [0.5, 0.6) is 5.75 Å². The number of carbonyl (C=O) groups is 1. The van der Waals surface area contributed by atoms with Gasteiger partial charge in [-0.3, -0.25) is 4.79 Å². The van der Waals surface area contributed by atoms with Crippen molar-refractivity contribution in [2.24, 2.45) is 0 Å². The maximum atomic E-state index is 11.2. The van der Waals surface area contributed by atoms with Gasteiger partial charge in [0.2, 0.25) is 0 Å². The molecule has 0 spiro atoms. The lowest BCUT2D eigenvalue weighted by molar-refractivity contribution is -0.121.